The van der Waals surface area contributed by atoms with E-state index in [2.05, 4.69) is 20.0 Å². The summed E-state index contributed by atoms with van der Waals surface area (Å²) in [6.07, 6.45) is 8.71. The zero-order chi connectivity index (χ0) is 17.1. The molecule has 6 nitrogen and oxygen atoms in total. The van der Waals surface area contributed by atoms with Gasteiger partial charge in [0.25, 0.3) is 0 Å². The zero-order valence-corrected chi connectivity index (χ0v) is 13.1. The molecule has 22 heavy (non-hydrogen) atoms. The van der Waals surface area contributed by atoms with Gasteiger partial charge in [0.05, 0.1) is 6.61 Å². The molecule has 0 unspecified atom stereocenters. The van der Waals surface area contributed by atoms with E-state index in [-0.39, 0.29) is 34.7 Å². The molecule has 120 valence electrons. The van der Waals surface area contributed by atoms with Gasteiger partial charge in [-0.05, 0) is 25.3 Å². The van der Waals surface area contributed by atoms with E-state index in [0.717, 1.165) is 0 Å². The van der Waals surface area contributed by atoms with Gasteiger partial charge in [-0.1, -0.05) is 18.2 Å². The maximum Gasteiger partial charge on any atom is 0 e. The number of allylic oxidation sites excluding steroid dienone is 4. The van der Waals surface area contributed by atoms with Gasteiger partial charge in [0.1, 0.15) is 0 Å². The summed E-state index contributed by atoms with van der Waals surface area (Å²) >= 11 is 0. The molecule has 0 radical (unpaired) electrons. The SMILES string of the molecule is CCOC(=O)CC[C@H]1C=CC=CC(=O)C1.[C-]#[O+].[C-]#[O+].[C-]#[O+].[Fe]. The van der Waals surface area contributed by atoms with Crippen molar-refractivity contribution in [2.24, 2.45) is 5.92 Å². The molecule has 7 heteroatoms. The second-order valence-electron chi connectivity index (χ2n) is 3.52. The number of carbonyl (C=O) groups is 2. The number of esters is 1. The Hall–Kier alpha value is -1.64. The number of rotatable bonds is 4. The molecule has 0 aromatic heterocycles. The summed E-state index contributed by atoms with van der Waals surface area (Å²) in [6.45, 7) is 15.7. The number of hydrogen-bond donors (Lipinski definition) is 0. The van der Waals surface area contributed by atoms with Crippen molar-refractivity contribution in [3.8, 4) is 0 Å². The molecule has 0 aromatic rings. The average molecular weight is 348 g/mol. The van der Waals surface area contributed by atoms with Crippen LogP contribution < -0.4 is 0 Å². The van der Waals surface area contributed by atoms with E-state index in [4.69, 9.17) is 18.7 Å². The van der Waals surface area contributed by atoms with E-state index < -0.39 is 0 Å². The summed E-state index contributed by atoms with van der Waals surface area (Å²) in [4.78, 5) is 22.3. The normalized spacial score (nSPS) is 14.0. The van der Waals surface area contributed by atoms with E-state index >= 15 is 0 Å². The maximum atomic E-state index is 11.2. The predicted molar refractivity (Wildman–Crippen MR) is 69.0 cm³/mol. The predicted octanol–water partition coefficient (Wildman–Crippen LogP) is 1.92. The van der Waals surface area contributed by atoms with Gasteiger partial charge in [0.15, 0.2) is 5.78 Å². The molecule has 0 heterocycles. The van der Waals surface area contributed by atoms with E-state index in [1.165, 1.54) is 0 Å². The fourth-order valence-corrected chi connectivity index (χ4v) is 1.51. The molecule has 0 aromatic carbocycles. The quantitative estimate of drug-likeness (QED) is 0.335. The zero-order valence-electron chi connectivity index (χ0n) is 12.0. The Morgan fingerprint density at radius 3 is 2.27 bits per heavy atom. The topological polar surface area (TPSA) is 103 Å². The van der Waals surface area contributed by atoms with Crippen LogP contribution >= 0.6 is 0 Å². The third kappa shape index (κ3) is 18.4. The summed E-state index contributed by atoms with van der Waals surface area (Å²) in [6, 6.07) is 0. The number of carbonyl (C=O) groups excluding carboxylic acids is 2. The fourth-order valence-electron chi connectivity index (χ4n) is 1.51. The van der Waals surface area contributed by atoms with Gasteiger partial charge in [0, 0.05) is 29.9 Å². The first kappa shape index (κ1) is 28.5. The molecular formula is C15H16FeO6. The minimum Gasteiger partial charge on any atom is 0 e. The molecule has 1 atom stereocenters. The van der Waals surface area contributed by atoms with Gasteiger partial charge >= 0.3 is 39.9 Å². The van der Waals surface area contributed by atoms with Crippen LogP contribution in [0.2, 0.25) is 0 Å². The first-order chi connectivity index (χ1) is 10.2. The van der Waals surface area contributed by atoms with Crippen molar-refractivity contribution in [2.45, 2.75) is 26.2 Å². The van der Waals surface area contributed by atoms with Crippen molar-refractivity contribution in [2.75, 3.05) is 6.61 Å². The molecule has 1 rings (SSSR count). The second kappa shape index (κ2) is 24.4. The second-order valence-corrected chi connectivity index (χ2v) is 3.52. The first-order valence-electron chi connectivity index (χ1n) is 5.87. The molecule has 0 bridgehead atoms. The van der Waals surface area contributed by atoms with E-state index in [1.54, 1.807) is 19.1 Å². The molecule has 0 amide bonds. The molecule has 1 aliphatic carbocycles. The van der Waals surface area contributed by atoms with Gasteiger partial charge in [-0.2, -0.15) is 0 Å². The van der Waals surface area contributed by atoms with Crippen molar-refractivity contribution >= 4 is 11.8 Å². The Labute approximate surface area is 140 Å². The smallest absolute Gasteiger partial charge is 0 e. The minimum absolute atomic E-state index is 0. The van der Waals surface area contributed by atoms with Crippen LogP contribution in [0.5, 0.6) is 0 Å². The summed E-state index contributed by atoms with van der Waals surface area (Å²) in [5.74, 6) is 0.0984. The Kier molecular flexibility index (Phi) is 31.6. The number of ketones is 1. The molecule has 0 N–H and O–H groups in total. The van der Waals surface area contributed by atoms with Crippen LogP contribution in [0.25, 0.3) is 0 Å². The first-order valence-corrected chi connectivity index (χ1v) is 5.87. The monoisotopic (exact) mass is 348 g/mol. The van der Waals surface area contributed by atoms with Crippen molar-refractivity contribution in [1.82, 2.24) is 0 Å². The Bertz CT molecular complexity index is 392. The summed E-state index contributed by atoms with van der Waals surface area (Å²) in [5.41, 5.74) is 0. The van der Waals surface area contributed by atoms with Crippen LogP contribution in [0.1, 0.15) is 26.2 Å². The Morgan fingerprint density at radius 2 is 1.77 bits per heavy atom. The average Bonchev–Trinajstić information content (AvgIpc) is 2.76. The van der Waals surface area contributed by atoms with Crippen LogP contribution in [0.3, 0.4) is 0 Å². The minimum atomic E-state index is -0.185. The third-order valence-corrected chi connectivity index (χ3v) is 2.26. The van der Waals surface area contributed by atoms with Gasteiger partial charge in [0.2, 0.25) is 0 Å². The number of hydrogen-bond acceptors (Lipinski definition) is 3. The molecule has 0 saturated carbocycles. The third-order valence-electron chi connectivity index (χ3n) is 2.26. The molecule has 0 spiro atoms. The fraction of sp³-hybridized carbons (Fsp3) is 0.400. The molecule has 0 aliphatic heterocycles. The van der Waals surface area contributed by atoms with Crippen LogP contribution in [0, 0.1) is 25.9 Å². The van der Waals surface area contributed by atoms with Crippen molar-refractivity contribution in [3.05, 3.63) is 44.3 Å². The van der Waals surface area contributed by atoms with E-state index in [0.29, 0.717) is 25.9 Å². The van der Waals surface area contributed by atoms with Crippen LogP contribution in [-0.2, 0) is 45.4 Å². The maximum absolute atomic E-state index is 11.2. The van der Waals surface area contributed by atoms with Crippen molar-refractivity contribution < 1.29 is 45.4 Å². The van der Waals surface area contributed by atoms with Crippen molar-refractivity contribution in [1.29, 1.82) is 0 Å². The standard InChI is InChI=1S/C12H16O3.3CO.Fe/c1-2-15-12(14)8-7-10-5-3-4-6-11(13)9-10;3*1-2;/h3-6,10H,2,7-9H2,1H3;;;;/t10-;;;;/m1..../s1. The van der Waals surface area contributed by atoms with Gasteiger partial charge < -0.3 is 4.74 Å². The van der Waals surface area contributed by atoms with E-state index in [9.17, 15) is 9.59 Å². The van der Waals surface area contributed by atoms with Crippen molar-refractivity contribution in [3.63, 3.8) is 0 Å². The Morgan fingerprint density at radius 1 is 1.23 bits per heavy atom. The van der Waals surface area contributed by atoms with Crippen LogP contribution in [0.15, 0.2) is 24.3 Å². The van der Waals surface area contributed by atoms with Gasteiger partial charge in [-0.3, -0.25) is 9.59 Å². The van der Waals surface area contributed by atoms with Gasteiger partial charge in [-0.25, -0.2) is 0 Å². The molecule has 1 aliphatic rings. The Balaban J connectivity index is -0.000000206. The molecule has 0 fully saturated rings. The van der Waals surface area contributed by atoms with Gasteiger partial charge in [-0.15, -0.1) is 0 Å². The molecule has 0 saturated heterocycles. The van der Waals surface area contributed by atoms with Crippen LogP contribution in [0.4, 0.5) is 0 Å². The summed E-state index contributed by atoms with van der Waals surface area (Å²) < 4.78 is 27.3. The summed E-state index contributed by atoms with van der Waals surface area (Å²) in [5, 5.41) is 0. The molecular weight excluding hydrogens is 332 g/mol. The number of ether oxygens (including phenoxy) is 1. The van der Waals surface area contributed by atoms with Crippen LogP contribution in [-0.4, -0.2) is 18.4 Å². The summed E-state index contributed by atoms with van der Waals surface area (Å²) in [7, 11) is 0. The largest absolute Gasteiger partial charge is 0 e. The van der Waals surface area contributed by atoms with E-state index in [1.807, 2.05) is 12.2 Å².